The van der Waals surface area contributed by atoms with E-state index in [1.165, 1.54) is 5.56 Å². The van der Waals surface area contributed by atoms with E-state index in [9.17, 15) is 4.79 Å². The molecule has 2 amide bonds. The molecule has 6 nitrogen and oxygen atoms in total. The minimum absolute atomic E-state index is 0.154. The number of carbonyl (C=O) groups is 1. The van der Waals surface area contributed by atoms with Gasteiger partial charge < -0.3 is 10.6 Å². The number of piperidine rings is 1. The molecule has 28 heavy (non-hydrogen) atoms. The molecule has 2 heterocycles. The predicted octanol–water partition coefficient (Wildman–Crippen LogP) is 3.66. The fraction of sp³-hybridized carbons (Fsp3) is 0.273. The summed E-state index contributed by atoms with van der Waals surface area (Å²) in [5, 5.41) is 10.3. The Bertz CT molecular complexity index is 886. The van der Waals surface area contributed by atoms with Crippen molar-refractivity contribution in [3.05, 3.63) is 78.6 Å². The number of urea groups is 1. The van der Waals surface area contributed by atoms with Crippen LogP contribution in [0.2, 0.25) is 0 Å². The van der Waals surface area contributed by atoms with Gasteiger partial charge in [-0.3, -0.25) is 4.90 Å². The molecule has 2 N–H and O–H groups in total. The average molecular weight is 375 g/mol. The number of hydrogen-bond acceptors (Lipinski definition) is 3. The van der Waals surface area contributed by atoms with Gasteiger partial charge in [0.05, 0.1) is 5.69 Å². The molecule has 0 spiro atoms. The van der Waals surface area contributed by atoms with Gasteiger partial charge in [0, 0.05) is 43.8 Å². The van der Waals surface area contributed by atoms with E-state index in [0.29, 0.717) is 0 Å². The summed E-state index contributed by atoms with van der Waals surface area (Å²) in [7, 11) is 0. The Balaban J connectivity index is 1.25. The van der Waals surface area contributed by atoms with E-state index in [1.54, 1.807) is 10.9 Å². The molecule has 3 aromatic rings. The topological polar surface area (TPSA) is 62.2 Å². The highest BCUT2D eigenvalue weighted by molar-refractivity contribution is 5.89. The second-order valence-corrected chi connectivity index (χ2v) is 7.14. The highest BCUT2D eigenvalue weighted by Gasteiger charge is 2.20. The van der Waals surface area contributed by atoms with Crippen LogP contribution < -0.4 is 10.6 Å². The summed E-state index contributed by atoms with van der Waals surface area (Å²) in [5.74, 6) is 0. The Labute approximate surface area is 165 Å². The first-order chi connectivity index (χ1) is 13.8. The Morgan fingerprint density at radius 2 is 1.86 bits per heavy atom. The minimum atomic E-state index is -0.154. The van der Waals surface area contributed by atoms with Crippen LogP contribution in [0.1, 0.15) is 18.4 Å². The van der Waals surface area contributed by atoms with Gasteiger partial charge in [-0.15, -0.1) is 0 Å². The molecular weight excluding hydrogens is 350 g/mol. The third-order valence-electron chi connectivity index (χ3n) is 5.04. The summed E-state index contributed by atoms with van der Waals surface area (Å²) in [6.45, 7) is 2.96. The summed E-state index contributed by atoms with van der Waals surface area (Å²) in [4.78, 5) is 14.8. The maximum absolute atomic E-state index is 12.4. The van der Waals surface area contributed by atoms with Crippen LogP contribution in [-0.2, 0) is 6.54 Å². The number of nitrogens with zero attached hydrogens (tertiary/aromatic N) is 3. The maximum Gasteiger partial charge on any atom is 0.319 e. The molecule has 144 valence electrons. The van der Waals surface area contributed by atoms with Crippen LogP contribution in [0.5, 0.6) is 0 Å². The van der Waals surface area contributed by atoms with E-state index in [2.05, 4.69) is 44.9 Å². The van der Waals surface area contributed by atoms with Crippen molar-refractivity contribution in [3.63, 3.8) is 0 Å². The summed E-state index contributed by atoms with van der Waals surface area (Å²) in [6.07, 6.45) is 5.54. The molecule has 1 saturated heterocycles. The molecule has 0 bridgehead atoms. The quantitative estimate of drug-likeness (QED) is 0.715. The monoisotopic (exact) mass is 375 g/mol. The largest absolute Gasteiger partial charge is 0.335 e. The average Bonchev–Trinajstić information content (AvgIpc) is 3.25. The highest BCUT2D eigenvalue weighted by Crippen LogP contribution is 2.16. The Kier molecular flexibility index (Phi) is 5.68. The number of nitrogens with one attached hydrogen (secondary N) is 2. The lowest BCUT2D eigenvalue weighted by Crippen LogP contribution is -2.45. The van der Waals surface area contributed by atoms with Crippen molar-refractivity contribution in [1.29, 1.82) is 0 Å². The summed E-state index contributed by atoms with van der Waals surface area (Å²) >= 11 is 0. The number of hydrogen-bond donors (Lipinski definition) is 2. The van der Waals surface area contributed by atoms with Crippen molar-refractivity contribution >= 4 is 11.7 Å². The van der Waals surface area contributed by atoms with Crippen LogP contribution in [0, 0.1) is 0 Å². The molecule has 1 fully saturated rings. The Hall–Kier alpha value is -3.12. The van der Waals surface area contributed by atoms with Crippen molar-refractivity contribution in [3.8, 4) is 5.69 Å². The molecule has 1 aliphatic rings. The third-order valence-corrected chi connectivity index (χ3v) is 5.04. The predicted molar refractivity (Wildman–Crippen MR) is 110 cm³/mol. The van der Waals surface area contributed by atoms with Crippen LogP contribution in [0.15, 0.2) is 73.1 Å². The van der Waals surface area contributed by atoms with Gasteiger partial charge in [-0.2, -0.15) is 5.10 Å². The highest BCUT2D eigenvalue weighted by atomic mass is 16.2. The number of likely N-dealkylation sites (tertiary alicyclic amines) is 1. The zero-order valence-corrected chi connectivity index (χ0v) is 15.8. The fourth-order valence-corrected chi connectivity index (χ4v) is 3.58. The fourth-order valence-electron chi connectivity index (χ4n) is 3.58. The van der Waals surface area contributed by atoms with Gasteiger partial charge >= 0.3 is 6.03 Å². The van der Waals surface area contributed by atoms with E-state index in [-0.39, 0.29) is 12.1 Å². The van der Waals surface area contributed by atoms with E-state index in [4.69, 9.17) is 0 Å². The van der Waals surface area contributed by atoms with Gasteiger partial charge in [-0.1, -0.05) is 36.4 Å². The lowest BCUT2D eigenvalue weighted by atomic mass is 10.0. The number of rotatable bonds is 5. The number of carbonyl (C=O) groups excluding carboxylic acids is 1. The van der Waals surface area contributed by atoms with Gasteiger partial charge in [-0.05, 0) is 42.7 Å². The van der Waals surface area contributed by atoms with Crippen molar-refractivity contribution in [2.75, 3.05) is 18.4 Å². The van der Waals surface area contributed by atoms with Gasteiger partial charge in [0.25, 0.3) is 0 Å². The molecule has 0 aliphatic carbocycles. The molecular formula is C22H25N5O. The standard InChI is InChI=1S/C22H25N5O/c28-22(25-20-8-4-9-21(16-20)27-13-5-12-23-27)24-19-10-14-26(15-11-19)17-18-6-2-1-3-7-18/h1-9,12-13,16,19H,10-11,14-15,17H2,(H2,24,25,28). The minimum Gasteiger partial charge on any atom is -0.335 e. The van der Waals surface area contributed by atoms with Crippen molar-refractivity contribution < 1.29 is 4.79 Å². The van der Waals surface area contributed by atoms with E-state index < -0.39 is 0 Å². The zero-order chi connectivity index (χ0) is 19.2. The smallest absolute Gasteiger partial charge is 0.319 e. The van der Waals surface area contributed by atoms with Crippen LogP contribution in [0.25, 0.3) is 5.69 Å². The van der Waals surface area contributed by atoms with Crippen LogP contribution in [0.3, 0.4) is 0 Å². The first-order valence-electron chi connectivity index (χ1n) is 9.70. The molecule has 0 unspecified atom stereocenters. The second-order valence-electron chi connectivity index (χ2n) is 7.14. The van der Waals surface area contributed by atoms with Gasteiger partial charge in [-0.25, -0.2) is 9.48 Å². The summed E-state index contributed by atoms with van der Waals surface area (Å²) in [5.41, 5.74) is 3.01. The summed E-state index contributed by atoms with van der Waals surface area (Å²) < 4.78 is 1.77. The molecule has 2 aromatic carbocycles. The van der Waals surface area contributed by atoms with Gasteiger partial charge in [0.1, 0.15) is 0 Å². The first kappa shape index (κ1) is 18.3. The Morgan fingerprint density at radius 1 is 1.04 bits per heavy atom. The summed E-state index contributed by atoms with van der Waals surface area (Å²) in [6, 6.07) is 20.1. The molecule has 0 radical (unpaired) electrons. The SMILES string of the molecule is O=C(Nc1cccc(-n2cccn2)c1)NC1CCN(Cc2ccccc2)CC1. The van der Waals surface area contributed by atoms with E-state index >= 15 is 0 Å². The lowest BCUT2D eigenvalue weighted by molar-refractivity contribution is 0.190. The van der Waals surface area contributed by atoms with Crippen LogP contribution in [0.4, 0.5) is 10.5 Å². The first-order valence-corrected chi connectivity index (χ1v) is 9.70. The zero-order valence-electron chi connectivity index (χ0n) is 15.8. The lowest BCUT2D eigenvalue weighted by Gasteiger charge is -2.32. The molecule has 6 heteroatoms. The van der Waals surface area contributed by atoms with Crippen molar-refractivity contribution in [1.82, 2.24) is 20.0 Å². The van der Waals surface area contributed by atoms with Gasteiger partial charge in [0.15, 0.2) is 0 Å². The molecule has 1 aromatic heterocycles. The number of benzene rings is 2. The van der Waals surface area contributed by atoms with Crippen LogP contribution >= 0.6 is 0 Å². The molecule has 1 aliphatic heterocycles. The van der Waals surface area contributed by atoms with Crippen molar-refractivity contribution in [2.24, 2.45) is 0 Å². The maximum atomic E-state index is 12.4. The molecule has 4 rings (SSSR count). The van der Waals surface area contributed by atoms with Crippen molar-refractivity contribution in [2.45, 2.75) is 25.4 Å². The van der Waals surface area contributed by atoms with Gasteiger partial charge in [0.2, 0.25) is 0 Å². The van der Waals surface area contributed by atoms with E-state index in [1.807, 2.05) is 42.6 Å². The van der Waals surface area contributed by atoms with Crippen LogP contribution in [-0.4, -0.2) is 39.8 Å². The number of aromatic nitrogens is 2. The Morgan fingerprint density at radius 3 is 2.61 bits per heavy atom. The number of amides is 2. The normalized spacial score (nSPS) is 15.3. The number of anilines is 1. The second kappa shape index (κ2) is 8.71. The van der Waals surface area contributed by atoms with E-state index in [0.717, 1.165) is 43.9 Å². The molecule has 0 atom stereocenters. The molecule has 0 saturated carbocycles. The third kappa shape index (κ3) is 4.78.